The number of halogens is 1. The van der Waals surface area contributed by atoms with Gasteiger partial charge < -0.3 is 15.4 Å². The standard InChI is InChI=1S/C21H21FN6O2/c1-2-28-20-15(12-25-28)19(26-13-6-8-30-9-7-13)16(11-24-20)21(29)27-18-5-3-4-17(22)14(18)10-23/h3-5,11-13H,2,6-9H2,1H3,(H,24,26)(H,27,29). The molecule has 0 unspecified atom stereocenters. The summed E-state index contributed by atoms with van der Waals surface area (Å²) in [4.78, 5) is 17.5. The van der Waals surface area contributed by atoms with Crippen LogP contribution < -0.4 is 10.6 Å². The fourth-order valence-electron chi connectivity index (χ4n) is 3.56. The summed E-state index contributed by atoms with van der Waals surface area (Å²) in [6.07, 6.45) is 4.80. The van der Waals surface area contributed by atoms with Crippen molar-refractivity contribution >= 4 is 28.3 Å². The summed E-state index contributed by atoms with van der Waals surface area (Å²) in [5.74, 6) is -1.17. The zero-order valence-corrected chi connectivity index (χ0v) is 16.5. The summed E-state index contributed by atoms with van der Waals surface area (Å²) in [7, 11) is 0. The van der Waals surface area contributed by atoms with Crippen molar-refractivity contribution in [2.24, 2.45) is 0 Å². The van der Waals surface area contributed by atoms with Gasteiger partial charge in [0.05, 0.1) is 28.5 Å². The van der Waals surface area contributed by atoms with Crippen molar-refractivity contribution < 1.29 is 13.9 Å². The molecule has 0 spiro atoms. The lowest BCUT2D eigenvalue weighted by Crippen LogP contribution is -2.29. The Morgan fingerprint density at radius 2 is 2.17 bits per heavy atom. The van der Waals surface area contributed by atoms with Crippen molar-refractivity contribution in [1.29, 1.82) is 5.26 Å². The number of nitrogens with zero attached hydrogens (tertiary/aromatic N) is 4. The molecule has 4 rings (SSSR count). The number of benzene rings is 1. The van der Waals surface area contributed by atoms with Gasteiger partial charge in [0.1, 0.15) is 17.4 Å². The van der Waals surface area contributed by atoms with Crippen LogP contribution in [-0.4, -0.2) is 39.9 Å². The minimum absolute atomic E-state index is 0.115. The Morgan fingerprint density at radius 1 is 1.37 bits per heavy atom. The van der Waals surface area contributed by atoms with E-state index >= 15 is 0 Å². The van der Waals surface area contributed by atoms with Crippen LogP contribution in [0.2, 0.25) is 0 Å². The number of nitriles is 1. The van der Waals surface area contributed by atoms with E-state index in [9.17, 15) is 14.4 Å². The summed E-state index contributed by atoms with van der Waals surface area (Å²) in [6, 6.07) is 6.05. The molecule has 1 saturated heterocycles. The molecule has 9 heteroatoms. The smallest absolute Gasteiger partial charge is 0.259 e. The molecule has 3 heterocycles. The average molecular weight is 408 g/mol. The molecule has 0 saturated carbocycles. The third kappa shape index (κ3) is 3.69. The minimum atomic E-state index is -0.686. The molecular weight excluding hydrogens is 387 g/mol. The second-order valence-electron chi connectivity index (χ2n) is 7.00. The molecule has 0 aliphatic carbocycles. The summed E-state index contributed by atoms with van der Waals surface area (Å²) in [6.45, 7) is 3.91. The number of hydrogen-bond acceptors (Lipinski definition) is 6. The summed E-state index contributed by atoms with van der Waals surface area (Å²) < 4.78 is 21.1. The number of nitrogens with one attached hydrogen (secondary N) is 2. The van der Waals surface area contributed by atoms with Gasteiger partial charge in [-0.25, -0.2) is 14.1 Å². The molecule has 1 amide bonds. The van der Waals surface area contributed by atoms with Gasteiger partial charge >= 0.3 is 0 Å². The molecule has 2 aromatic heterocycles. The average Bonchev–Trinajstić information content (AvgIpc) is 3.18. The van der Waals surface area contributed by atoms with Crippen molar-refractivity contribution in [3.63, 3.8) is 0 Å². The highest BCUT2D eigenvalue weighted by Crippen LogP contribution is 2.29. The van der Waals surface area contributed by atoms with Gasteiger partial charge in [-0.05, 0) is 31.9 Å². The SMILES string of the molecule is CCn1ncc2c(NC3CCOCC3)c(C(=O)Nc3cccc(F)c3C#N)cnc21. The van der Waals surface area contributed by atoms with E-state index in [1.165, 1.54) is 24.4 Å². The molecule has 30 heavy (non-hydrogen) atoms. The topological polar surface area (TPSA) is 105 Å². The number of amides is 1. The van der Waals surface area contributed by atoms with Gasteiger partial charge in [0, 0.05) is 32.0 Å². The third-order valence-corrected chi connectivity index (χ3v) is 5.15. The molecule has 2 N–H and O–H groups in total. The van der Waals surface area contributed by atoms with Crippen LogP contribution in [0.4, 0.5) is 15.8 Å². The summed E-state index contributed by atoms with van der Waals surface area (Å²) >= 11 is 0. The van der Waals surface area contributed by atoms with Crippen LogP contribution in [-0.2, 0) is 11.3 Å². The predicted octanol–water partition coefficient (Wildman–Crippen LogP) is 3.31. The molecule has 1 aliphatic heterocycles. The Kier molecular flexibility index (Phi) is 5.59. The van der Waals surface area contributed by atoms with Gasteiger partial charge in [-0.2, -0.15) is 10.4 Å². The van der Waals surface area contributed by atoms with E-state index in [1.807, 2.05) is 6.92 Å². The lowest BCUT2D eigenvalue weighted by atomic mass is 10.1. The van der Waals surface area contributed by atoms with Crippen LogP contribution in [0.25, 0.3) is 11.0 Å². The second-order valence-corrected chi connectivity index (χ2v) is 7.00. The van der Waals surface area contributed by atoms with Gasteiger partial charge in [-0.1, -0.05) is 6.07 Å². The highest BCUT2D eigenvalue weighted by molar-refractivity contribution is 6.12. The van der Waals surface area contributed by atoms with E-state index in [4.69, 9.17) is 4.74 Å². The molecule has 0 atom stereocenters. The van der Waals surface area contributed by atoms with Crippen LogP contribution in [0.1, 0.15) is 35.7 Å². The molecule has 8 nitrogen and oxygen atoms in total. The number of carbonyl (C=O) groups excluding carboxylic acids is 1. The summed E-state index contributed by atoms with van der Waals surface area (Å²) in [5, 5.41) is 20.4. The van der Waals surface area contributed by atoms with E-state index in [-0.39, 0.29) is 17.3 Å². The Labute approximate surface area is 172 Å². The Morgan fingerprint density at radius 3 is 2.90 bits per heavy atom. The first-order chi connectivity index (χ1) is 14.6. The van der Waals surface area contributed by atoms with Crippen LogP contribution in [0.3, 0.4) is 0 Å². The minimum Gasteiger partial charge on any atom is -0.381 e. The number of aryl methyl sites for hydroxylation is 1. The lowest BCUT2D eigenvalue weighted by molar-refractivity contribution is 0.0904. The predicted molar refractivity (Wildman–Crippen MR) is 110 cm³/mol. The molecule has 1 aliphatic rings. The number of fused-ring (bicyclic) bond motifs is 1. The normalized spacial score (nSPS) is 14.4. The fourth-order valence-corrected chi connectivity index (χ4v) is 3.56. The van der Waals surface area contributed by atoms with Crippen molar-refractivity contribution in [2.45, 2.75) is 32.4 Å². The first-order valence-corrected chi connectivity index (χ1v) is 9.81. The third-order valence-electron chi connectivity index (χ3n) is 5.15. The molecule has 3 aromatic rings. The van der Waals surface area contributed by atoms with Gasteiger partial charge in [0.15, 0.2) is 5.65 Å². The number of rotatable bonds is 5. The number of carbonyl (C=O) groups is 1. The van der Waals surface area contributed by atoms with Gasteiger partial charge in [0.2, 0.25) is 0 Å². The highest BCUT2D eigenvalue weighted by atomic mass is 19.1. The first kappa shape index (κ1) is 19.8. The zero-order chi connectivity index (χ0) is 21.1. The molecular formula is C21H21FN6O2. The van der Waals surface area contributed by atoms with Crippen LogP contribution >= 0.6 is 0 Å². The number of pyridine rings is 1. The Bertz CT molecular complexity index is 1130. The van der Waals surface area contributed by atoms with Crippen molar-refractivity contribution in [1.82, 2.24) is 14.8 Å². The van der Waals surface area contributed by atoms with Gasteiger partial charge in [-0.15, -0.1) is 0 Å². The number of anilines is 2. The second kappa shape index (κ2) is 8.47. The van der Waals surface area contributed by atoms with Crippen LogP contribution in [0.5, 0.6) is 0 Å². The van der Waals surface area contributed by atoms with E-state index in [0.717, 1.165) is 18.2 Å². The molecule has 1 aromatic carbocycles. The van der Waals surface area contributed by atoms with Crippen molar-refractivity contribution in [2.75, 3.05) is 23.8 Å². The highest BCUT2D eigenvalue weighted by Gasteiger charge is 2.23. The Balaban J connectivity index is 1.74. The number of hydrogen-bond donors (Lipinski definition) is 2. The largest absolute Gasteiger partial charge is 0.381 e. The van der Waals surface area contributed by atoms with Crippen LogP contribution in [0.15, 0.2) is 30.6 Å². The maximum absolute atomic E-state index is 13.9. The van der Waals surface area contributed by atoms with Crippen LogP contribution in [0, 0.1) is 17.1 Å². The molecule has 1 fully saturated rings. The maximum Gasteiger partial charge on any atom is 0.259 e. The fraction of sp³-hybridized carbons (Fsp3) is 0.333. The van der Waals surface area contributed by atoms with Gasteiger partial charge in [0.25, 0.3) is 5.91 Å². The van der Waals surface area contributed by atoms with E-state index in [2.05, 4.69) is 20.7 Å². The maximum atomic E-state index is 13.9. The van der Waals surface area contributed by atoms with Gasteiger partial charge in [-0.3, -0.25) is 4.79 Å². The number of aromatic nitrogens is 3. The monoisotopic (exact) mass is 408 g/mol. The van der Waals surface area contributed by atoms with Crippen molar-refractivity contribution in [3.8, 4) is 6.07 Å². The van der Waals surface area contributed by atoms with Crippen molar-refractivity contribution in [3.05, 3.63) is 47.5 Å². The van der Waals surface area contributed by atoms with E-state index < -0.39 is 11.7 Å². The molecule has 0 bridgehead atoms. The molecule has 0 radical (unpaired) electrons. The summed E-state index contributed by atoms with van der Waals surface area (Å²) in [5.41, 5.74) is 1.50. The van der Waals surface area contributed by atoms with E-state index in [1.54, 1.807) is 16.9 Å². The zero-order valence-electron chi connectivity index (χ0n) is 16.5. The van der Waals surface area contributed by atoms with E-state index in [0.29, 0.717) is 36.7 Å². The quantitative estimate of drug-likeness (QED) is 0.671. The first-order valence-electron chi connectivity index (χ1n) is 9.81. The number of ether oxygens (including phenoxy) is 1. The lowest BCUT2D eigenvalue weighted by Gasteiger charge is -2.25. The Hall–Kier alpha value is -3.51. The molecule has 154 valence electrons.